The van der Waals surface area contributed by atoms with Crippen LogP contribution in [-0.2, 0) is 4.79 Å². The smallest absolute Gasteiger partial charge is 0.406 e. The Balaban J connectivity index is 0.00000200. The molecule has 1 fully saturated rings. The third kappa shape index (κ3) is 4.90. The summed E-state index contributed by atoms with van der Waals surface area (Å²) in [5.41, 5.74) is 0.278. The number of carbonyl (C=O) groups is 1. The highest BCUT2D eigenvalue weighted by molar-refractivity contribution is 5.95. The maximum atomic E-state index is 12.1. The summed E-state index contributed by atoms with van der Waals surface area (Å²) in [6, 6.07) is 4.93. The maximum Gasteiger partial charge on any atom is 0.573 e. The topological polar surface area (TPSA) is 50.4 Å². The van der Waals surface area contributed by atoms with Gasteiger partial charge in [-0.3, -0.25) is 4.79 Å². The van der Waals surface area contributed by atoms with E-state index in [4.69, 9.17) is 0 Å². The first-order chi connectivity index (χ1) is 8.94. The van der Waals surface area contributed by atoms with Gasteiger partial charge in [0.05, 0.1) is 6.04 Å². The van der Waals surface area contributed by atoms with Crippen molar-refractivity contribution >= 4 is 24.0 Å². The Morgan fingerprint density at radius 3 is 2.75 bits per heavy atom. The van der Waals surface area contributed by atoms with Gasteiger partial charge in [0.25, 0.3) is 0 Å². The van der Waals surface area contributed by atoms with E-state index in [9.17, 15) is 18.0 Å². The van der Waals surface area contributed by atoms with Crippen molar-refractivity contribution in [2.24, 2.45) is 0 Å². The van der Waals surface area contributed by atoms with Crippen LogP contribution in [0.15, 0.2) is 24.3 Å². The van der Waals surface area contributed by atoms with Crippen molar-refractivity contribution in [2.45, 2.75) is 25.2 Å². The molecule has 112 valence electrons. The predicted octanol–water partition coefficient (Wildman–Crippen LogP) is 2.70. The normalized spacial score (nSPS) is 18.2. The molecule has 1 aromatic carbocycles. The minimum Gasteiger partial charge on any atom is -0.406 e. The van der Waals surface area contributed by atoms with Crippen molar-refractivity contribution < 1.29 is 22.7 Å². The van der Waals surface area contributed by atoms with Gasteiger partial charge >= 0.3 is 6.36 Å². The fourth-order valence-corrected chi connectivity index (χ4v) is 1.91. The maximum absolute atomic E-state index is 12.1. The highest BCUT2D eigenvalue weighted by Crippen LogP contribution is 2.25. The average molecular weight is 311 g/mol. The fourth-order valence-electron chi connectivity index (χ4n) is 1.91. The van der Waals surface area contributed by atoms with Crippen LogP contribution in [0.2, 0.25) is 0 Å². The highest BCUT2D eigenvalue weighted by Gasteiger charge is 2.31. The molecule has 1 atom stereocenters. The van der Waals surface area contributed by atoms with E-state index in [1.54, 1.807) is 0 Å². The third-order valence-electron chi connectivity index (χ3n) is 2.71. The largest absolute Gasteiger partial charge is 0.573 e. The first-order valence-corrected chi connectivity index (χ1v) is 5.84. The van der Waals surface area contributed by atoms with E-state index in [1.165, 1.54) is 18.2 Å². The van der Waals surface area contributed by atoms with E-state index in [0.29, 0.717) is 0 Å². The van der Waals surface area contributed by atoms with Gasteiger partial charge in [0.15, 0.2) is 0 Å². The molecule has 2 N–H and O–H groups in total. The number of halogens is 4. The summed E-state index contributed by atoms with van der Waals surface area (Å²) in [5, 5.41) is 5.57. The van der Waals surface area contributed by atoms with Crippen LogP contribution in [0, 0.1) is 0 Å². The zero-order chi connectivity index (χ0) is 13.9. The van der Waals surface area contributed by atoms with Crippen LogP contribution in [-0.4, -0.2) is 24.9 Å². The Labute approximate surface area is 120 Å². The van der Waals surface area contributed by atoms with Gasteiger partial charge in [0.1, 0.15) is 5.75 Å². The molecule has 20 heavy (non-hydrogen) atoms. The van der Waals surface area contributed by atoms with E-state index in [2.05, 4.69) is 15.4 Å². The van der Waals surface area contributed by atoms with E-state index >= 15 is 0 Å². The molecule has 2 rings (SSSR count). The van der Waals surface area contributed by atoms with Crippen molar-refractivity contribution in [1.82, 2.24) is 5.32 Å². The minimum absolute atomic E-state index is 0. The lowest BCUT2D eigenvalue weighted by atomic mass is 10.2. The van der Waals surface area contributed by atoms with Crippen molar-refractivity contribution in [1.29, 1.82) is 0 Å². The molecule has 0 aromatic heterocycles. The summed E-state index contributed by atoms with van der Waals surface area (Å²) in [6.07, 6.45) is -3.10. The monoisotopic (exact) mass is 310 g/mol. The summed E-state index contributed by atoms with van der Waals surface area (Å²) in [4.78, 5) is 11.8. The van der Waals surface area contributed by atoms with Gasteiger partial charge in [-0.25, -0.2) is 0 Å². The lowest BCUT2D eigenvalue weighted by Crippen LogP contribution is -2.35. The van der Waals surface area contributed by atoms with E-state index in [1.807, 2.05) is 0 Å². The number of ether oxygens (including phenoxy) is 1. The second-order valence-corrected chi connectivity index (χ2v) is 4.21. The Kier molecular flexibility index (Phi) is 5.64. The number of hydrogen-bond acceptors (Lipinski definition) is 3. The summed E-state index contributed by atoms with van der Waals surface area (Å²) in [6.45, 7) is 0.773. The van der Waals surface area contributed by atoms with Crippen LogP contribution in [0.5, 0.6) is 5.75 Å². The van der Waals surface area contributed by atoms with Gasteiger partial charge in [-0.15, -0.1) is 25.6 Å². The number of nitrogens with one attached hydrogen (secondary N) is 2. The molecule has 1 aromatic rings. The molecular formula is C12H14ClF3N2O2. The lowest BCUT2D eigenvalue weighted by Gasteiger charge is -2.13. The number of amides is 1. The summed E-state index contributed by atoms with van der Waals surface area (Å²) in [5.74, 6) is -0.605. The molecular weight excluding hydrogens is 297 g/mol. The van der Waals surface area contributed by atoms with Gasteiger partial charge < -0.3 is 15.4 Å². The third-order valence-corrected chi connectivity index (χ3v) is 2.71. The first kappa shape index (κ1) is 16.6. The quantitative estimate of drug-likeness (QED) is 0.902. The van der Waals surface area contributed by atoms with Crippen molar-refractivity contribution in [3.8, 4) is 5.75 Å². The fraction of sp³-hybridized carbons (Fsp3) is 0.417. The van der Waals surface area contributed by atoms with Gasteiger partial charge in [0, 0.05) is 11.8 Å². The molecule has 0 spiro atoms. The zero-order valence-corrected chi connectivity index (χ0v) is 11.2. The van der Waals surface area contributed by atoms with Crippen molar-refractivity contribution in [3.05, 3.63) is 24.3 Å². The zero-order valence-electron chi connectivity index (χ0n) is 10.4. The molecule has 1 heterocycles. The second-order valence-electron chi connectivity index (χ2n) is 4.21. The Morgan fingerprint density at radius 1 is 1.40 bits per heavy atom. The standard InChI is InChI=1S/C12H13F3N2O2.ClH/c13-12(14,15)19-9-4-1-3-8(7-9)17-11(18)10-5-2-6-16-10;/h1,3-4,7,10,16H,2,5-6H2,(H,17,18);1H/t10-;/m0./s1. The second kappa shape index (κ2) is 6.81. The van der Waals surface area contributed by atoms with Gasteiger partial charge in [-0.1, -0.05) is 6.07 Å². The molecule has 1 aliphatic rings. The van der Waals surface area contributed by atoms with Crippen molar-refractivity contribution in [3.63, 3.8) is 0 Å². The number of benzene rings is 1. The van der Waals surface area contributed by atoms with Crippen molar-refractivity contribution in [2.75, 3.05) is 11.9 Å². The molecule has 1 aliphatic heterocycles. The first-order valence-electron chi connectivity index (χ1n) is 5.84. The Hall–Kier alpha value is -1.47. The van der Waals surface area contributed by atoms with Gasteiger partial charge in [-0.2, -0.15) is 0 Å². The molecule has 0 unspecified atom stereocenters. The number of hydrogen-bond donors (Lipinski definition) is 2. The van der Waals surface area contributed by atoms with Gasteiger partial charge in [-0.05, 0) is 31.5 Å². The highest BCUT2D eigenvalue weighted by atomic mass is 35.5. The van der Waals surface area contributed by atoms with Crippen LogP contribution in [0.25, 0.3) is 0 Å². The van der Waals surface area contributed by atoms with E-state index < -0.39 is 6.36 Å². The number of anilines is 1. The molecule has 8 heteroatoms. The molecule has 4 nitrogen and oxygen atoms in total. The lowest BCUT2D eigenvalue weighted by molar-refractivity contribution is -0.274. The SMILES string of the molecule is Cl.O=C(Nc1cccc(OC(F)(F)F)c1)[C@@H]1CCCN1. The molecule has 1 saturated heterocycles. The van der Waals surface area contributed by atoms with Crippen LogP contribution < -0.4 is 15.4 Å². The molecule has 0 bridgehead atoms. The van der Waals surface area contributed by atoms with E-state index in [0.717, 1.165) is 25.5 Å². The molecule has 0 radical (unpaired) electrons. The molecule has 0 aliphatic carbocycles. The summed E-state index contributed by atoms with van der Waals surface area (Å²) >= 11 is 0. The van der Waals surface area contributed by atoms with Gasteiger partial charge in [0.2, 0.25) is 5.91 Å². The summed E-state index contributed by atoms with van der Waals surface area (Å²) < 4.78 is 40.0. The van der Waals surface area contributed by atoms with Crippen LogP contribution >= 0.6 is 12.4 Å². The number of alkyl halides is 3. The Morgan fingerprint density at radius 2 is 2.15 bits per heavy atom. The molecule has 0 saturated carbocycles. The number of rotatable bonds is 3. The summed E-state index contributed by atoms with van der Waals surface area (Å²) in [7, 11) is 0. The Bertz CT molecular complexity index is 462. The van der Waals surface area contributed by atoms with Crippen LogP contribution in [0.1, 0.15) is 12.8 Å². The molecule has 1 amide bonds. The number of carbonyl (C=O) groups excluding carboxylic acids is 1. The minimum atomic E-state index is -4.74. The van der Waals surface area contributed by atoms with Crippen LogP contribution in [0.3, 0.4) is 0 Å². The van der Waals surface area contributed by atoms with E-state index in [-0.39, 0.29) is 35.8 Å². The average Bonchev–Trinajstić information content (AvgIpc) is 2.80. The van der Waals surface area contributed by atoms with Crippen LogP contribution in [0.4, 0.5) is 18.9 Å². The predicted molar refractivity (Wildman–Crippen MR) is 70.0 cm³/mol.